The van der Waals surface area contributed by atoms with E-state index in [9.17, 15) is 9.36 Å². The van der Waals surface area contributed by atoms with E-state index in [0.717, 1.165) is 0 Å². The number of carbonyl (C=O) groups excluding carboxylic acids is 1. The van der Waals surface area contributed by atoms with Crippen LogP contribution in [0, 0.1) is 0 Å². The van der Waals surface area contributed by atoms with E-state index in [4.69, 9.17) is 9.79 Å². The lowest BCUT2D eigenvalue weighted by molar-refractivity contribution is 0.386. The molecule has 0 unspecified atom stereocenters. The van der Waals surface area contributed by atoms with E-state index in [1.165, 1.54) is 13.2 Å². The fourth-order valence-corrected chi connectivity index (χ4v) is 0.836. The molecule has 0 aliphatic rings. The average Bonchev–Trinajstić information content (AvgIpc) is 1.62. The standard InChI is InChI=1S/C4H6O4P/c1-4(2-5)3-9(6,7)8/h3H,1H3,(H2,6,7,8). The molecule has 0 aromatic heterocycles. The molecule has 0 spiro atoms. The second-order valence-electron chi connectivity index (χ2n) is 1.50. The minimum Gasteiger partial charge on any atom is -0.321 e. The molecule has 0 heterocycles. The minimum absolute atomic E-state index is 0.0802. The van der Waals surface area contributed by atoms with Crippen molar-refractivity contribution in [3.8, 4) is 0 Å². The molecule has 0 saturated carbocycles. The van der Waals surface area contributed by atoms with Gasteiger partial charge in [-0.3, -0.25) is 9.36 Å². The Morgan fingerprint density at radius 2 is 2.11 bits per heavy atom. The van der Waals surface area contributed by atoms with Gasteiger partial charge in [0.1, 0.15) is 0 Å². The molecule has 0 bridgehead atoms. The highest BCUT2D eigenvalue weighted by Crippen LogP contribution is 2.36. The van der Waals surface area contributed by atoms with E-state index in [1.807, 2.05) is 0 Å². The van der Waals surface area contributed by atoms with Crippen LogP contribution in [-0.4, -0.2) is 16.1 Å². The maximum absolute atomic E-state index is 10.0. The summed E-state index contributed by atoms with van der Waals surface area (Å²) < 4.78 is 10.0. The van der Waals surface area contributed by atoms with E-state index >= 15 is 0 Å². The second-order valence-corrected chi connectivity index (χ2v) is 2.94. The molecule has 9 heavy (non-hydrogen) atoms. The van der Waals surface area contributed by atoms with Crippen molar-refractivity contribution in [2.24, 2.45) is 0 Å². The summed E-state index contributed by atoms with van der Waals surface area (Å²) in [4.78, 5) is 26.0. The molecule has 0 rings (SSSR count). The Hall–Kier alpha value is -0.440. The van der Waals surface area contributed by atoms with Gasteiger partial charge >= 0.3 is 7.60 Å². The van der Waals surface area contributed by atoms with Gasteiger partial charge in [0.25, 0.3) is 0 Å². The van der Waals surface area contributed by atoms with Crippen molar-refractivity contribution in [2.75, 3.05) is 0 Å². The third kappa shape index (κ3) is 5.43. The molecule has 0 fully saturated rings. The van der Waals surface area contributed by atoms with Gasteiger partial charge in [-0.1, -0.05) is 0 Å². The van der Waals surface area contributed by atoms with Crippen molar-refractivity contribution >= 4 is 13.9 Å². The first-order chi connectivity index (χ1) is 3.95. The maximum Gasteiger partial charge on any atom is 0.349 e. The Kier molecular flexibility index (Phi) is 2.77. The van der Waals surface area contributed by atoms with E-state index < -0.39 is 7.60 Å². The monoisotopic (exact) mass is 149 g/mol. The normalized spacial score (nSPS) is 13.4. The van der Waals surface area contributed by atoms with Crippen molar-refractivity contribution in [3.05, 3.63) is 11.4 Å². The summed E-state index contributed by atoms with van der Waals surface area (Å²) >= 11 is 0. The van der Waals surface area contributed by atoms with Crippen LogP contribution >= 0.6 is 7.60 Å². The van der Waals surface area contributed by atoms with Crippen molar-refractivity contribution in [1.29, 1.82) is 0 Å². The molecule has 0 aliphatic heterocycles. The number of hydrogen-bond acceptors (Lipinski definition) is 2. The van der Waals surface area contributed by atoms with E-state index in [0.29, 0.717) is 5.82 Å². The van der Waals surface area contributed by atoms with Crippen molar-refractivity contribution < 1.29 is 19.1 Å². The molecule has 51 valence electrons. The molecular formula is C4H6O4P. The Balaban J connectivity index is 4.30. The van der Waals surface area contributed by atoms with Gasteiger partial charge in [0, 0.05) is 11.4 Å². The molecule has 1 radical (unpaired) electrons. The summed E-state index contributed by atoms with van der Waals surface area (Å²) in [6.07, 6.45) is 1.34. The second kappa shape index (κ2) is 2.92. The topological polar surface area (TPSA) is 74.6 Å². The van der Waals surface area contributed by atoms with Crippen LogP contribution < -0.4 is 0 Å². The highest BCUT2D eigenvalue weighted by atomic mass is 31.2. The van der Waals surface area contributed by atoms with Crippen LogP contribution in [0.15, 0.2) is 11.4 Å². The van der Waals surface area contributed by atoms with Crippen LogP contribution in [0.1, 0.15) is 6.92 Å². The summed E-state index contributed by atoms with van der Waals surface area (Å²) in [5.74, 6) is 0.569. The van der Waals surface area contributed by atoms with E-state index in [-0.39, 0.29) is 5.57 Å². The first-order valence-electron chi connectivity index (χ1n) is 2.08. The van der Waals surface area contributed by atoms with Gasteiger partial charge in [0.2, 0.25) is 6.29 Å². The van der Waals surface area contributed by atoms with Crippen LogP contribution in [0.25, 0.3) is 0 Å². The Bertz CT molecular complexity index is 177. The molecule has 0 aliphatic carbocycles. The summed E-state index contributed by atoms with van der Waals surface area (Å²) in [6, 6.07) is 0. The summed E-state index contributed by atoms with van der Waals surface area (Å²) in [7, 11) is -4.16. The largest absolute Gasteiger partial charge is 0.349 e. The van der Waals surface area contributed by atoms with Gasteiger partial charge in [-0.05, 0) is 6.92 Å². The van der Waals surface area contributed by atoms with E-state index in [2.05, 4.69) is 0 Å². The maximum atomic E-state index is 10.0. The molecule has 0 aromatic carbocycles. The fraction of sp³-hybridized carbons (Fsp3) is 0.250. The number of rotatable bonds is 2. The van der Waals surface area contributed by atoms with Gasteiger partial charge in [0.15, 0.2) is 0 Å². The Morgan fingerprint density at radius 3 is 2.22 bits per heavy atom. The Morgan fingerprint density at radius 1 is 1.67 bits per heavy atom. The predicted octanol–water partition coefficient (Wildman–Crippen LogP) is 0.178. The lowest BCUT2D eigenvalue weighted by Crippen LogP contribution is -1.77. The van der Waals surface area contributed by atoms with Crippen LogP contribution in [0.5, 0.6) is 0 Å². The van der Waals surface area contributed by atoms with Gasteiger partial charge in [-0.15, -0.1) is 0 Å². The first kappa shape index (κ1) is 8.56. The third-order valence-corrected chi connectivity index (χ3v) is 1.25. The third-order valence-electron chi connectivity index (χ3n) is 0.523. The van der Waals surface area contributed by atoms with Crippen LogP contribution in [0.4, 0.5) is 0 Å². The Labute approximate surface area is 52.4 Å². The van der Waals surface area contributed by atoms with Crippen molar-refractivity contribution in [1.82, 2.24) is 0 Å². The summed E-state index contributed by atoms with van der Waals surface area (Å²) in [5, 5.41) is 0. The van der Waals surface area contributed by atoms with Crippen LogP contribution in [0.3, 0.4) is 0 Å². The zero-order chi connectivity index (χ0) is 7.49. The molecule has 2 N–H and O–H groups in total. The van der Waals surface area contributed by atoms with Crippen molar-refractivity contribution in [2.45, 2.75) is 6.92 Å². The highest BCUT2D eigenvalue weighted by Gasteiger charge is 2.07. The molecule has 0 amide bonds. The smallest absolute Gasteiger partial charge is 0.321 e. The van der Waals surface area contributed by atoms with Crippen LogP contribution in [-0.2, 0) is 9.36 Å². The lowest BCUT2D eigenvalue weighted by Gasteiger charge is -1.92. The quantitative estimate of drug-likeness (QED) is 0.433. The highest BCUT2D eigenvalue weighted by molar-refractivity contribution is 7.55. The van der Waals surface area contributed by atoms with Gasteiger partial charge in [0.05, 0.1) is 0 Å². The number of hydrogen-bond donors (Lipinski definition) is 2. The predicted molar refractivity (Wildman–Crippen MR) is 31.5 cm³/mol. The number of allylic oxidation sites excluding steroid dienone is 1. The van der Waals surface area contributed by atoms with Gasteiger partial charge in [-0.25, -0.2) is 0 Å². The summed E-state index contributed by atoms with van der Waals surface area (Å²) in [6.45, 7) is 1.27. The minimum atomic E-state index is -4.16. The van der Waals surface area contributed by atoms with Crippen LogP contribution in [0.2, 0.25) is 0 Å². The zero-order valence-corrected chi connectivity index (χ0v) is 5.63. The van der Waals surface area contributed by atoms with Gasteiger partial charge in [-0.2, -0.15) is 0 Å². The van der Waals surface area contributed by atoms with E-state index in [1.54, 1.807) is 0 Å². The molecule has 4 nitrogen and oxygen atoms in total. The molecule has 5 heteroatoms. The fourth-order valence-electron chi connectivity index (χ4n) is 0.279. The molecule has 0 atom stereocenters. The zero-order valence-electron chi connectivity index (χ0n) is 4.74. The average molecular weight is 149 g/mol. The molecular weight excluding hydrogens is 143 g/mol. The SMILES string of the molecule is CC([C]=O)=CP(=O)(O)O. The first-order valence-corrected chi connectivity index (χ1v) is 3.77. The van der Waals surface area contributed by atoms with Gasteiger partial charge < -0.3 is 9.79 Å². The van der Waals surface area contributed by atoms with Crippen molar-refractivity contribution in [3.63, 3.8) is 0 Å². The summed E-state index contributed by atoms with van der Waals surface area (Å²) in [5.41, 5.74) is -0.0802. The molecule has 0 saturated heterocycles. The molecule has 0 aromatic rings. The lowest BCUT2D eigenvalue weighted by atomic mass is 10.4.